The lowest BCUT2D eigenvalue weighted by atomic mass is 10.3. The van der Waals surface area contributed by atoms with Gasteiger partial charge in [-0.2, -0.15) is 0 Å². The summed E-state index contributed by atoms with van der Waals surface area (Å²) >= 11 is 16.9. The van der Waals surface area contributed by atoms with E-state index in [1.807, 2.05) is 0 Å². The molecule has 0 radical (unpaired) electrons. The van der Waals surface area contributed by atoms with E-state index in [1.165, 1.54) is 0 Å². The molecule has 80 valence electrons. The third-order valence-corrected chi connectivity index (χ3v) is 2.37. The molecule has 0 fully saturated rings. The lowest BCUT2D eigenvalue weighted by Crippen LogP contribution is -2.22. The highest BCUT2D eigenvalue weighted by atomic mass is 35.5. The van der Waals surface area contributed by atoms with E-state index >= 15 is 0 Å². The first-order valence-electron chi connectivity index (χ1n) is 3.97. The minimum absolute atomic E-state index is 0.0920. The van der Waals surface area contributed by atoms with E-state index in [0.717, 1.165) is 0 Å². The van der Waals surface area contributed by atoms with Gasteiger partial charge in [0.25, 0.3) is 0 Å². The summed E-state index contributed by atoms with van der Waals surface area (Å²) in [6.45, 7) is 3.60. The Kier molecular flexibility index (Phi) is 4.07. The number of esters is 1. The van der Waals surface area contributed by atoms with Crippen molar-refractivity contribution in [1.82, 2.24) is 0 Å². The molecule has 1 aliphatic rings. The second-order valence-corrected chi connectivity index (χ2v) is 4.47. The van der Waals surface area contributed by atoms with E-state index in [2.05, 4.69) is 0 Å². The van der Waals surface area contributed by atoms with Crippen molar-refractivity contribution >= 4 is 40.8 Å². The van der Waals surface area contributed by atoms with Crippen LogP contribution in [-0.4, -0.2) is 23.2 Å². The van der Waals surface area contributed by atoms with E-state index in [4.69, 9.17) is 44.3 Å². The summed E-state index contributed by atoms with van der Waals surface area (Å²) in [5.41, 5.74) is 0.272. The van der Waals surface area contributed by atoms with Gasteiger partial charge in [-0.15, -0.1) is 23.2 Å². The van der Waals surface area contributed by atoms with E-state index < -0.39 is 17.1 Å². The fourth-order valence-electron chi connectivity index (χ4n) is 0.981. The fourth-order valence-corrected chi connectivity index (χ4v) is 1.76. The number of cyclic esters (lactones) is 1. The smallest absolute Gasteiger partial charge is 0.352 e. The van der Waals surface area contributed by atoms with Crippen molar-refractivity contribution in [1.29, 1.82) is 0 Å². The molecule has 1 rings (SSSR count). The summed E-state index contributed by atoms with van der Waals surface area (Å²) in [5, 5.41) is -0.0920. The highest BCUT2D eigenvalue weighted by Crippen LogP contribution is 2.33. The van der Waals surface area contributed by atoms with Crippen molar-refractivity contribution in [3.63, 3.8) is 0 Å². The number of hydrogen-bond donors (Lipinski definition) is 0. The van der Waals surface area contributed by atoms with Gasteiger partial charge < -0.3 is 9.47 Å². The summed E-state index contributed by atoms with van der Waals surface area (Å²) in [4.78, 5) is 10.2. The summed E-state index contributed by atoms with van der Waals surface area (Å²) in [6, 6.07) is 0. The molecule has 1 atom stereocenters. The fraction of sp³-hybridized carbons (Fsp3) is 0.625. The number of ether oxygens (including phenoxy) is 2. The Labute approximate surface area is 96.9 Å². The van der Waals surface area contributed by atoms with Crippen LogP contribution in [0.1, 0.15) is 13.8 Å². The zero-order valence-corrected chi connectivity index (χ0v) is 9.86. The van der Waals surface area contributed by atoms with Crippen LogP contribution in [0.25, 0.3) is 0 Å². The SMILES string of the molecule is CC(C)OC1OC(=O)C(Cl)=C1C(Cl)Cl. The van der Waals surface area contributed by atoms with Crippen molar-refractivity contribution in [3.05, 3.63) is 10.6 Å². The Bertz CT molecular complexity index is 273. The molecule has 1 heterocycles. The van der Waals surface area contributed by atoms with Crippen LogP contribution in [0.4, 0.5) is 0 Å². The normalized spacial score (nSPS) is 22.5. The number of rotatable bonds is 3. The Morgan fingerprint density at radius 1 is 1.43 bits per heavy atom. The second kappa shape index (κ2) is 4.71. The summed E-state index contributed by atoms with van der Waals surface area (Å²) in [5.74, 6) is -0.654. The molecule has 0 aromatic carbocycles. The minimum Gasteiger partial charge on any atom is -0.427 e. The van der Waals surface area contributed by atoms with Crippen molar-refractivity contribution in [2.45, 2.75) is 31.1 Å². The molecule has 0 amide bonds. The summed E-state index contributed by atoms with van der Waals surface area (Å²) < 4.78 is 10.1. The number of carbonyl (C=O) groups is 1. The molecule has 0 saturated carbocycles. The number of carbonyl (C=O) groups excluding carboxylic acids is 1. The molecule has 3 nitrogen and oxygen atoms in total. The van der Waals surface area contributed by atoms with Gasteiger partial charge in [-0.3, -0.25) is 0 Å². The first-order chi connectivity index (χ1) is 6.43. The lowest BCUT2D eigenvalue weighted by Gasteiger charge is -2.17. The van der Waals surface area contributed by atoms with Gasteiger partial charge in [0.2, 0.25) is 6.29 Å². The lowest BCUT2D eigenvalue weighted by molar-refractivity contribution is -0.165. The van der Waals surface area contributed by atoms with Crippen molar-refractivity contribution < 1.29 is 14.3 Å². The first-order valence-corrected chi connectivity index (χ1v) is 5.22. The molecular weight excluding hydrogens is 250 g/mol. The van der Waals surface area contributed by atoms with Crippen LogP contribution in [0, 0.1) is 0 Å². The van der Waals surface area contributed by atoms with Crippen LogP contribution in [-0.2, 0) is 14.3 Å². The molecule has 0 spiro atoms. The molecule has 0 saturated heterocycles. The van der Waals surface area contributed by atoms with Crippen LogP contribution in [0.2, 0.25) is 0 Å². The Morgan fingerprint density at radius 3 is 2.43 bits per heavy atom. The van der Waals surface area contributed by atoms with Crippen LogP contribution in [0.5, 0.6) is 0 Å². The van der Waals surface area contributed by atoms with E-state index in [9.17, 15) is 4.79 Å². The topological polar surface area (TPSA) is 35.5 Å². The quantitative estimate of drug-likeness (QED) is 0.577. The largest absolute Gasteiger partial charge is 0.427 e. The van der Waals surface area contributed by atoms with Crippen LogP contribution in [0.15, 0.2) is 10.6 Å². The predicted molar refractivity (Wildman–Crippen MR) is 54.5 cm³/mol. The monoisotopic (exact) mass is 258 g/mol. The highest BCUT2D eigenvalue weighted by Gasteiger charge is 2.37. The molecule has 0 aromatic rings. The molecule has 1 aliphatic heterocycles. The maximum atomic E-state index is 11.1. The van der Waals surface area contributed by atoms with Gasteiger partial charge in [0.15, 0.2) is 0 Å². The molecule has 0 aliphatic carbocycles. The third kappa shape index (κ3) is 2.54. The number of halogens is 3. The summed E-state index contributed by atoms with van der Waals surface area (Å²) in [7, 11) is 0. The number of hydrogen-bond acceptors (Lipinski definition) is 3. The maximum absolute atomic E-state index is 11.1. The Balaban J connectivity index is 2.85. The van der Waals surface area contributed by atoms with Crippen LogP contribution < -0.4 is 0 Å². The molecular formula is C8H9Cl3O3. The Morgan fingerprint density at radius 2 is 2.00 bits per heavy atom. The van der Waals surface area contributed by atoms with Gasteiger partial charge in [-0.25, -0.2) is 4.79 Å². The van der Waals surface area contributed by atoms with Gasteiger partial charge >= 0.3 is 5.97 Å². The molecule has 0 aromatic heterocycles. The van der Waals surface area contributed by atoms with Gasteiger partial charge in [0.05, 0.1) is 11.7 Å². The Hall–Kier alpha value is 0.0400. The molecule has 0 N–H and O–H groups in total. The maximum Gasteiger partial charge on any atom is 0.352 e. The van der Waals surface area contributed by atoms with E-state index in [-0.39, 0.29) is 16.7 Å². The molecule has 0 bridgehead atoms. The summed E-state index contributed by atoms with van der Waals surface area (Å²) in [6.07, 6.45) is -0.979. The highest BCUT2D eigenvalue weighted by molar-refractivity contribution is 6.49. The minimum atomic E-state index is -0.905. The molecule has 1 unspecified atom stereocenters. The van der Waals surface area contributed by atoms with Gasteiger partial charge in [-0.1, -0.05) is 11.6 Å². The second-order valence-electron chi connectivity index (χ2n) is 2.99. The third-order valence-electron chi connectivity index (χ3n) is 1.53. The zero-order chi connectivity index (χ0) is 10.9. The van der Waals surface area contributed by atoms with E-state index in [0.29, 0.717) is 0 Å². The first kappa shape index (κ1) is 12.1. The van der Waals surface area contributed by atoms with Gasteiger partial charge in [0.1, 0.15) is 9.87 Å². The van der Waals surface area contributed by atoms with Crippen LogP contribution >= 0.6 is 34.8 Å². The average molecular weight is 260 g/mol. The van der Waals surface area contributed by atoms with Crippen molar-refractivity contribution in [3.8, 4) is 0 Å². The average Bonchev–Trinajstić information content (AvgIpc) is 2.26. The standard InChI is InChI=1S/C8H9Cl3O3/c1-3(2)13-8-4(6(10)11)5(9)7(12)14-8/h3,6,8H,1-2H3. The number of alkyl halides is 2. The van der Waals surface area contributed by atoms with Gasteiger partial charge in [0, 0.05) is 0 Å². The zero-order valence-electron chi connectivity index (χ0n) is 7.59. The predicted octanol–water partition coefficient (Wildman–Crippen LogP) is 2.59. The van der Waals surface area contributed by atoms with Crippen LogP contribution in [0.3, 0.4) is 0 Å². The van der Waals surface area contributed by atoms with E-state index in [1.54, 1.807) is 13.8 Å². The molecule has 14 heavy (non-hydrogen) atoms. The molecule has 6 heteroatoms. The van der Waals surface area contributed by atoms with Crippen molar-refractivity contribution in [2.24, 2.45) is 0 Å². The van der Waals surface area contributed by atoms with Gasteiger partial charge in [-0.05, 0) is 13.8 Å². The van der Waals surface area contributed by atoms with Crippen molar-refractivity contribution in [2.75, 3.05) is 0 Å².